The molecule has 2 amide bonds. The molecule has 1 aromatic heterocycles. The number of hydrogen-bond acceptors (Lipinski definition) is 4. The van der Waals surface area contributed by atoms with E-state index in [1.165, 1.54) is 23.0 Å². The predicted octanol–water partition coefficient (Wildman–Crippen LogP) is 2.55. The molecule has 0 atom stereocenters. The number of hydrogen-bond donors (Lipinski definition) is 3. The maximum atomic E-state index is 13.3. The van der Waals surface area contributed by atoms with Crippen LogP contribution >= 0.6 is 15.9 Å². The third-order valence-electron chi connectivity index (χ3n) is 3.35. The monoisotopic (exact) mass is 418 g/mol. The van der Waals surface area contributed by atoms with Gasteiger partial charge in [0.25, 0.3) is 11.8 Å². The Kier molecular flexibility index (Phi) is 4.99. The molecule has 0 aliphatic heterocycles. The highest BCUT2D eigenvalue weighted by Crippen LogP contribution is 2.18. The first-order chi connectivity index (χ1) is 12.4. The van der Waals surface area contributed by atoms with Gasteiger partial charge < -0.3 is 5.11 Å². The number of aromatic nitrogens is 2. The number of carbonyl (C=O) groups excluding carboxylic acids is 2. The van der Waals surface area contributed by atoms with E-state index in [1.54, 1.807) is 24.3 Å². The van der Waals surface area contributed by atoms with E-state index < -0.39 is 17.6 Å². The molecule has 132 valence electrons. The van der Waals surface area contributed by atoms with Crippen molar-refractivity contribution in [1.29, 1.82) is 0 Å². The van der Waals surface area contributed by atoms with Crippen LogP contribution in [-0.2, 0) is 0 Å². The molecule has 3 N–H and O–H groups in total. The van der Waals surface area contributed by atoms with Crippen LogP contribution in [0.1, 0.15) is 20.8 Å². The van der Waals surface area contributed by atoms with Gasteiger partial charge in [-0.05, 0) is 30.3 Å². The Morgan fingerprint density at radius 3 is 2.46 bits per heavy atom. The van der Waals surface area contributed by atoms with Crippen LogP contribution in [0, 0.1) is 5.82 Å². The SMILES string of the molecule is O=C(NNC(=O)c1nn(-c2ccccc2)cc1O)c1cc(F)cc(Br)c1. The van der Waals surface area contributed by atoms with Gasteiger partial charge in [-0.2, -0.15) is 5.10 Å². The van der Waals surface area contributed by atoms with Crippen LogP contribution in [0.5, 0.6) is 5.75 Å². The summed E-state index contributed by atoms with van der Waals surface area (Å²) in [6.45, 7) is 0. The Labute approximate surface area is 155 Å². The van der Waals surface area contributed by atoms with Crippen molar-refractivity contribution in [3.63, 3.8) is 0 Å². The molecule has 0 radical (unpaired) electrons. The van der Waals surface area contributed by atoms with Crippen LogP contribution in [-0.4, -0.2) is 26.7 Å². The maximum absolute atomic E-state index is 13.3. The smallest absolute Gasteiger partial charge is 0.294 e. The lowest BCUT2D eigenvalue weighted by Gasteiger charge is -2.07. The minimum Gasteiger partial charge on any atom is -0.504 e. The van der Waals surface area contributed by atoms with Crippen molar-refractivity contribution in [3.8, 4) is 11.4 Å². The van der Waals surface area contributed by atoms with E-state index in [0.29, 0.717) is 10.2 Å². The second-order valence-corrected chi connectivity index (χ2v) is 6.13. The van der Waals surface area contributed by atoms with Gasteiger partial charge in [-0.3, -0.25) is 20.4 Å². The summed E-state index contributed by atoms with van der Waals surface area (Å²) in [5.41, 5.74) is 4.66. The molecule has 2 aromatic carbocycles. The van der Waals surface area contributed by atoms with E-state index in [-0.39, 0.29) is 17.0 Å². The second-order valence-electron chi connectivity index (χ2n) is 5.21. The lowest BCUT2D eigenvalue weighted by atomic mass is 10.2. The van der Waals surface area contributed by atoms with Crippen LogP contribution in [0.15, 0.2) is 59.2 Å². The summed E-state index contributed by atoms with van der Waals surface area (Å²) in [5.74, 6) is -2.49. The van der Waals surface area contributed by atoms with Crippen molar-refractivity contribution >= 4 is 27.7 Å². The molecule has 0 aliphatic rings. The second kappa shape index (κ2) is 7.36. The van der Waals surface area contributed by atoms with Gasteiger partial charge in [0, 0.05) is 10.0 Å². The molecule has 0 saturated heterocycles. The molecule has 7 nitrogen and oxygen atoms in total. The average Bonchev–Trinajstić information content (AvgIpc) is 3.01. The average molecular weight is 419 g/mol. The first-order valence-electron chi connectivity index (χ1n) is 7.35. The summed E-state index contributed by atoms with van der Waals surface area (Å²) in [7, 11) is 0. The third kappa shape index (κ3) is 3.89. The molecular formula is C17H12BrFN4O3. The fourth-order valence-corrected chi connectivity index (χ4v) is 2.63. The number of para-hydroxylation sites is 1. The normalized spacial score (nSPS) is 10.4. The highest BCUT2D eigenvalue weighted by molar-refractivity contribution is 9.10. The van der Waals surface area contributed by atoms with Crippen LogP contribution in [0.3, 0.4) is 0 Å². The van der Waals surface area contributed by atoms with Gasteiger partial charge in [-0.1, -0.05) is 34.1 Å². The van der Waals surface area contributed by atoms with Gasteiger partial charge in [0.15, 0.2) is 11.4 Å². The third-order valence-corrected chi connectivity index (χ3v) is 3.80. The number of amides is 2. The first kappa shape index (κ1) is 17.6. The molecule has 0 unspecified atom stereocenters. The molecule has 26 heavy (non-hydrogen) atoms. The number of rotatable bonds is 3. The van der Waals surface area contributed by atoms with Gasteiger partial charge in [0.05, 0.1) is 11.9 Å². The summed E-state index contributed by atoms with van der Waals surface area (Å²) >= 11 is 3.08. The van der Waals surface area contributed by atoms with Crippen LogP contribution in [0.2, 0.25) is 0 Å². The molecule has 0 bridgehead atoms. The molecule has 0 saturated carbocycles. The first-order valence-corrected chi connectivity index (χ1v) is 8.14. The molecule has 0 aliphatic carbocycles. The van der Waals surface area contributed by atoms with E-state index in [2.05, 4.69) is 31.9 Å². The zero-order valence-corrected chi connectivity index (χ0v) is 14.7. The Morgan fingerprint density at radius 2 is 1.77 bits per heavy atom. The van der Waals surface area contributed by atoms with Crippen molar-refractivity contribution in [1.82, 2.24) is 20.6 Å². The summed E-state index contributed by atoms with van der Waals surface area (Å²) < 4.78 is 15.0. The lowest BCUT2D eigenvalue weighted by Crippen LogP contribution is -2.41. The summed E-state index contributed by atoms with van der Waals surface area (Å²) in [4.78, 5) is 24.1. The number of hydrazine groups is 1. The largest absolute Gasteiger partial charge is 0.504 e. The lowest BCUT2D eigenvalue weighted by molar-refractivity contribution is 0.0842. The predicted molar refractivity (Wildman–Crippen MR) is 94.3 cm³/mol. The maximum Gasteiger partial charge on any atom is 0.294 e. The van der Waals surface area contributed by atoms with E-state index in [9.17, 15) is 19.1 Å². The van der Waals surface area contributed by atoms with Gasteiger partial charge in [-0.25, -0.2) is 9.07 Å². The topological polar surface area (TPSA) is 96.3 Å². The standard InChI is InChI=1S/C17H12BrFN4O3/c18-11-6-10(7-12(19)8-11)16(25)20-21-17(26)15-14(24)9-23(22-15)13-4-2-1-3-5-13/h1-9,24H,(H,20,25)(H,21,26). The van der Waals surface area contributed by atoms with Gasteiger partial charge >= 0.3 is 0 Å². The van der Waals surface area contributed by atoms with E-state index in [1.807, 2.05) is 6.07 Å². The summed E-state index contributed by atoms with van der Waals surface area (Å²) in [6.07, 6.45) is 1.27. The van der Waals surface area contributed by atoms with E-state index in [0.717, 1.165) is 6.07 Å². The fraction of sp³-hybridized carbons (Fsp3) is 0. The number of aromatic hydroxyl groups is 1. The number of halogens is 2. The van der Waals surface area contributed by atoms with Gasteiger partial charge in [-0.15, -0.1) is 0 Å². The Morgan fingerprint density at radius 1 is 1.08 bits per heavy atom. The minimum absolute atomic E-state index is 0.0104. The number of nitrogens with zero attached hydrogens (tertiary/aromatic N) is 2. The van der Waals surface area contributed by atoms with Crippen molar-refractivity contribution in [2.75, 3.05) is 0 Å². The van der Waals surface area contributed by atoms with Crippen LogP contribution < -0.4 is 10.9 Å². The fourth-order valence-electron chi connectivity index (χ4n) is 2.17. The Hall–Kier alpha value is -3.20. The molecule has 1 heterocycles. The molecule has 3 aromatic rings. The van der Waals surface area contributed by atoms with E-state index >= 15 is 0 Å². The Balaban J connectivity index is 1.70. The van der Waals surface area contributed by atoms with Crippen LogP contribution in [0.25, 0.3) is 5.69 Å². The summed E-state index contributed by atoms with van der Waals surface area (Å²) in [5, 5.41) is 13.9. The number of nitrogens with one attached hydrogen (secondary N) is 2. The molecule has 0 fully saturated rings. The zero-order valence-electron chi connectivity index (χ0n) is 13.1. The van der Waals surface area contributed by atoms with Crippen LogP contribution in [0.4, 0.5) is 4.39 Å². The highest BCUT2D eigenvalue weighted by Gasteiger charge is 2.18. The molecule has 0 spiro atoms. The molecule has 9 heteroatoms. The minimum atomic E-state index is -0.819. The van der Waals surface area contributed by atoms with Gasteiger partial charge in [0.1, 0.15) is 5.82 Å². The molecular weight excluding hydrogens is 407 g/mol. The molecule has 3 rings (SSSR count). The summed E-state index contributed by atoms with van der Waals surface area (Å²) in [6, 6.07) is 12.5. The number of benzene rings is 2. The Bertz CT molecular complexity index is 955. The van der Waals surface area contributed by atoms with E-state index in [4.69, 9.17) is 0 Å². The number of carbonyl (C=O) groups is 2. The highest BCUT2D eigenvalue weighted by atomic mass is 79.9. The zero-order chi connectivity index (χ0) is 18.7. The van der Waals surface area contributed by atoms with Crippen molar-refractivity contribution in [2.24, 2.45) is 0 Å². The quantitative estimate of drug-likeness (QED) is 0.569. The van der Waals surface area contributed by atoms with Gasteiger partial charge in [0.2, 0.25) is 0 Å². The van der Waals surface area contributed by atoms with Crippen molar-refractivity contribution < 1.29 is 19.1 Å². The van der Waals surface area contributed by atoms with Crippen molar-refractivity contribution in [2.45, 2.75) is 0 Å². The van der Waals surface area contributed by atoms with Crippen molar-refractivity contribution in [3.05, 3.63) is 76.3 Å².